The summed E-state index contributed by atoms with van der Waals surface area (Å²) in [6, 6.07) is 0. The molecular weight excluding hydrogens is 352 g/mol. The van der Waals surface area contributed by atoms with Gasteiger partial charge in [0, 0.05) is 19.6 Å². The normalized spacial score (nSPS) is 21.9. The molecule has 0 aliphatic carbocycles. The van der Waals surface area contributed by atoms with E-state index in [-0.39, 0.29) is 0 Å². The first-order valence-electron chi connectivity index (χ1n) is 13.6. The SMILES string of the molecule is CCCCCCC(C)CCN1CC2(CCN(CC(CC)CCCCCC)CC2)C1. The van der Waals surface area contributed by atoms with Crippen molar-refractivity contribution in [2.45, 2.75) is 118 Å². The molecule has 2 aliphatic heterocycles. The van der Waals surface area contributed by atoms with E-state index in [4.69, 9.17) is 0 Å². The van der Waals surface area contributed by atoms with Crippen LogP contribution in [-0.2, 0) is 0 Å². The molecule has 2 rings (SSSR count). The zero-order valence-electron chi connectivity index (χ0n) is 20.7. The van der Waals surface area contributed by atoms with Crippen LogP contribution in [-0.4, -0.2) is 49.1 Å². The fourth-order valence-corrected chi connectivity index (χ4v) is 5.70. The van der Waals surface area contributed by atoms with Gasteiger partial charge in [0.25, 0.3) is 0 Å². The average molecular weight is 407 g/mol. The van der Waals surface area contributed by atoms with Gasteiger partial charge in [-0.3, -0.25) is 0 Å². The molecule has 0 aromatic rings. The van der Waals surface area contributed by atoms with Crippen LogP contribution in [0.3, 0.4) is 0 Å². The number of hydrogen-bond donors (Lipinski definition) is 0. The Morgan fingerprint density at radius 1 is 0.724 bits per heavy atom. The van der Waals surface area contributed by atoms with E-state index in [0.717, 1.165) is 11.8 Å². The molecule has 0 bridgehead atoms. The van der Waals surface area contributed by atoms with Crippen molar-refractivity contribution < 1.29 is 0 Å². The second-order valence-electron chi connectivity index (χ2n) is 10.9. The van der Waals surface area contributed by atoms with Crippen molar-refractivity contribution in [3.05, 3.63) is 0 Å². The van der Waals surface area contributed by atoms with Crippen LogP contribution in [0.1, 0.15) is 118 Å². The summed E-state index contributed by atoms with van der Waals surface area (Å²) in [6.07, 6.45) is 20.0. The number of nitrogens with zero attached hydrogens (tertiary/aromatic N) is 2. The monoisotopic (exact) mass is 406 g/mol. The van der Waals surface area contributed by atoms with E-state index in [1.54, 1.807) is 0 Å². The van der Waals surface area contributed by atoms with Crippen molar-refractivity contribution in [2.75, 3.05) is 39.3 Å². The van der Waals surface area contributed by atoms with Crippen molar-refractivity contribution >= 4 is 0 Å². The smallest absolute Gasteiger partial charge is 0.00514 e. The highest BCUT2D eigenvalue weighted by Gasteiger charge is 2.44. The molecule has 2 heteroatoms. The van der Waals surface area contributed by atoms with Crippen LogP contribution in [0.25, 0.3) is 0 Å². The molecule has 2 saturated heterocycles. The van der Waals surface area contributed by atoms with Crippen molar-refractivity contribution in [1.29, 1.82) is 0 Å². The summed E-state index contributed by atoms with van der Waals surface area (Å²) in [5.74, 6) is 1.87. The maximum atomic E-state index is 2.81. The van der Waals surface area contributed by atoms with Crippen molar-refractivity contribution in [1.82, 2.24) is 9.80 Å². The summed E-state index contributed by atoms with van der Waals surface area (Å²) >= 11 is 0. The Labute approximate surface area is 184 Å². The zero-order valence-corrected chi connectivity index (χ0v) is 20.7. The number of hydrogen-bond acceptors (Lipinski definition) is 2. The fourth-order valence-electron chi connectivity index (χ4n) is 5.70. The van der Waals surface area contributed by atoms with Crippen LogP contribution in [0.15, 0.2) is 0 Å². The van der Waals surface area contributed by atoms with Gasteiger partial charge in [0.15, 0.2) is 0 Å². The molecule has 2 heterocycles. The average Bonchev–Trinajstić information content (AvgIpc) is 2.71. The van der Waals surface area contributed by atoms with Gasteiger partial charge in [-0.05, 0) is 62.6 Å². The number of piperidine rings is 1. The van der Waals surface area contributed by atoms with E-state index in [1.807, 2.05) is 0 Å². The maximum Gasteiger partial charge on any atom is 0.00514 e. The molecule has 0 aromatic carbocycles. The second-order valence-corrected chi connectivity index (χ2v) is 10.9. The molecule has 2 nitrogen and oxygen atoms in total. The lowest BCUT2D eigenvalue weighted by atomic mass is 9.71. The lowest BCUT2D eigenvalue weighted by Gasteiger charge is -2.54. The number of rotatable bonds is 16. The fraction of sp³-hybridized carbons (Fsp3) is 1.00. The van der Waals surface area contributed by atoms with Gasteiger partial charge in [0.1, 0.15) is 0 Å². The predicted octanol–water partition coefficient (Wildman–Crippen LogP) is 7.38. The van der Waals surface area contributed by atoms with Crippen LogP contribution in [0.2, 0.25) is 0 Å². The van der Waals surface area contributed by atoms with Crippen LogP contribution >= 0.6 is 0 Å². The highest BCUT2D eigenvalue weighted by atomic mass is 15.2. The summed E-state index contributed by atoms with van der Waals surface area (Å²) in [5.41, 5.74) is 0.698. The van der Waals surface area contributed by atoms with E-state index >= 15 is 0 Å². The summed E-state index contributed by atoms with van der Waals surface area (Å²) in [6.45, 7) is 17.8. The molecular formula is C27H54N2. The first-order valence-corrected chi connectivity index (χ1v) is 13.6. The molecule has 2 atom stereocenters. The third-order valence-electron chi connectivity index (χ3n) is 8.08. The van der Waals surface area contributed by atoms with Gasteiger partial charge >= 0.3 is 0 Å². The third-order valence-corrected chi connectivity index (χ3v) is 8.08. The Bertz CT molecular complexity index is 391. The molecule has 0 saturated carbocycles. The first-order chi connectivity index (χ1) is 14.1. The zero-order chi connectivity index (χ0) is 21.0. The lowest BCUT2D eigenvalue weighted by Crippen LogP contribution is -2.60. The van der Waals surface area contributed by atoms with Crippen molar-refractivity contribution in [3.8, 4) is 0 Å². The van der Waals surface area contributed by atoms with Gasteiger partial charge in [-0.25, -0.2) is 0 Å². The molecule has 1 spiro atoms. The van der Waals surface area contributed by atoms with Crippen LogP contribution < -0.4 is 0 Å². The molecule has 172 valence electrons. The summed E-state index contributed by atoms with van der Waals surface area (Å²) in [5, 5.41) is 0. The summed E-state index contributed by atoms with van der Waals surface area (Å²) in [4.78, 5) is 5.57. The van der Waals surface area contributed by atoms with Crippen LogP contribution in [0.5, 0.6) is 0 Å². The van der Waals surface area contributed by atoms with E-state index in [2.05, 4.69) is 37.5 Å². The highest BCUT2D eigenvalue weighted by molar-refractivity contribution is 4.98. The van der Waals surface area contributed by atoms with E-state index in [1.165, 1.54) is 129 Å². The molecule has 0 radical (unpaired) electrons. The van der Waals surface area contributed by atoms with Gasteiger partial charge in [0.05, 0.1) is 0 Å². The Morgan fingerprint density at radius 3 is 1.93 bits per heavy atom. The highest BCUT2D eigenvalue weighted by Crippen LogP contribution is 2.41. The van der Waals surface area contributed by atoms with Gasteiger partial charge < -0.3 is 9.80 Å². The standard InChI is InChI=1S/C27H54N2/c1-5-8-10-12-14-25(4)16-19-29-23-27(24-29)17-20-28(21-18-27)22-26(7-3)15-13-11-9-6-2/h25-26H,5-24H2,1-4H3. The predicted molar refractivity (Wildman–Crippen MR) is 130 cm³/mol. The number of likely N-dealkylation sites (tertiary alicyclic amines) is 2. The quantitative estimate of drug-likeness (QED) is 0.247. The first kappa shape index (κ1) is 25.2. The Morgan fingerprint density at radius 2 is 1.34 bits per heavy atom. The van der Waals surface area contributed by atoms with Gasteiger partial charge in [-0.1, -0.05) is 91.9 Å². The van der Waals surface area contributed by atoms with E-state index in [9.17, 15) is 0 Å². The van der Waals surface area contributed by atoms with E-state index < -0.39 is 0 Å². The van der Waals surface area contributed by atoms with Crippen LogP contribution in [0, 0.1) is 17.3 Å². The van der Waals surface area contributed by atoms with Crippen molar-refractivity contribution in [3.63, 3.8) is 0 Å². The second kappa shape index (κ2) is 14.1. The molecule has 0 amide bonds. The third kappa shape index (κ3) is 9.30. The minimum atomic E-state index is 0.698. The summed E-state index contributed by atoms with van der Waals surface area (Å²) < 4.78 is 0. The topological polar surface area (TPSA) is 6.48 Å². The Kier molecular flexibility index (Phi) is 12.2. The minimum Gasteiger partial charge on any atom is -0.303 e. The molecule has 2 unspecified atom stereocenters. The lowest BCUT2D eigenvalue weighted by molar-refractivity contribution is -0.0504. The number of unbranched alkanes of at least 4 members (excludes halogenated alkanes) is 6. The van der Waals surface area contributed by atoms with Gasteiger partial charge in [0.2, 0.25) is 0 Å². The molecule has 0 N–H and O–H groups in total. The maximum absolute atomic E-state index is 2.81. The molecule has 2 fully saturated rings. The Hall–Kier alpha value is -0.0800. The Balaban J connectivity index is 1.54. The summed E-state index contributed by atoms with van der Waals surface area (Å²) in [7, 11) is 0. The van der Waals surface area contributed by atoms with Crippen molar-refractivity contribution in [2.24, 2.45) is 17.3 Å². The molecule has 0 aromatic heterocycles. The van der Waals surface area contributed by atoms with Gasteiger partial charge in [-0.15, -0.1) is 0 Å². The van der Waals surface area contributed by atoms with E-state index in [0.29, 0.717) is 5.41 Å². The molecule has 29 heavy (non-hydrogen) atoms. The minimum absolute atomic E-state index is 0.698. The van der Waals surface area contributed by atoms with Gasteiger partial charge in [-0.2, -0.15) is 0 Å². The largest absolute Gasteiger partial charge is 0.303 e. The molecule has 2 aliphatic rings. The van der Waals surface area contributed by atoms with Crippen LogP contribution in [0.4, 0.5) is 0 Å².